The summed E-state index contributed by atoms with van der Waals surface area (Å²) in [6.45, 7) is 1.47. The first-order valence-electron chi connectivity index (χ1n) is 5.52. The Morgan fingerprint density at radius 3 is 2.75 bits per heavy atom. The van der Waals surface area contributed by atoms with Crippen molar-refractivity contribution in [3.63, 3.8) is 0 Å². The molecular weight excluding hydrogens is 339 g/mol. The molecule has 0 amide bonds. The highest BCUT2D eigenvalue weighted by molar-refractivity contribution is 9.10. The van der Waals surface area contributed by atoms with Gasteiger partial charge >= 0.3 is 11.7 Å². The molecule has 0 radical (unpaired) electrons. The van der Waals surface area contributed by atoms with Gasteiger partial charge in [-0.2, -0.15) is 0 Å². The number of carbonyl (C=O) groups excluding carboxylic acids is 1. The highest BCUT2D eigenvalue weighted by atomic mass is 79.9. The van der Waals surface area contributed by atoms with Crippen LogP contribution >= 0.6 is 15.9 Å². The number of nitrogens with zero attached hydrogens (tertiary/aromatic N) is 1. The highest BCUT2D eigenvalue weighted by Gasteiger charge is 2.32. The van der Waals surface area contributed by atoms with Crippen molar-refractivity contribution in [3.8, 4) is 5.75 Å². The molecule has 0 bridgehead atoms. The van der Waals surface area contributed by atoms with Crippen LogP contribution in [0.25, 0.3) is 0 Å². The van der Waals surface area contributed by atoms with Gasteiger partial charge in [0.1, 0.15) is 0 Å². The van der Waals surface area contributed by atoms with Gasteiger partial charge in [0.25, 0.3) is 0 Å². The topological polar surface area (TPSA) is 116 Å². The molecule has 0 saturated heterocycles. The van der Waals surface area contributed by atoms with Crippen molar-refractivity contribution in [1.29, 1.82) is 0 Å². The van der Waals surface area contributed by atoms with E-state index < -0.39 is 34.5 Å². The molecule has 0 spiro atoms. The summed E-state index contributed by atoms with van der Waals surface area (Å²) < 4.78 is 18.5. The average Bonchev–Trinajstić information content (AvgIpc) is 2.39. The Kier molecular flexibility index (Phi) is 5.40. The van der Waals surface area contributed by atoms with Gasteiger partial charge in [-0.15, -0.1) is 0 Å². The number of hydrogen-bond donors (Lipinski definition) is 2. The van der Waals surface area contributed by atoms with Crippen LogP contribution in [-0.2, 0) is 9.53 Å². The second kappa shape index (κ2) is 6.62. The summed E-state index contributed by atoms with van der Waals surface area (Å²) in [4.78, 5) is 21.2. The number of phenolic OH excluding ortho intramolecular Hbond substituents is 1. The standard InChI is InChI=1S/C11H12BrFN2O5/c1-2-20-11(17)8(13)9(14)6-3-5(12)4-7(10(6)16)15(18)19/h3-4,8-9,16H,2,14H2,1H3/t8?,9-/m0/s1. The number of nitro groups is 1. The average molecular weight is 351 g/mol. The van der Waals surface area contributed by atoms with Gasteiger partial charge in [0.2, 0.25) is 6.17 Å². The van der Waals surface area contributed by atoms with Crippen LogP contribution in [0.4, 0.5) is 10.1 Å². The fourth-order valence-electron chi connectivity index (χ4n) is 1.52. The molecule has 110 valence electrons. The molecule has 9 heteroatoms. The lowest BCUT2D eigenvalue weighted by Gasteiger charge is -2.17. The summed E-state index contributed by atoms with van der Waals surface area (Å²) in [6.07, 6.45) is -2.24. The molecule has 1 aromatic rings. The Labute approximate surface area is 121 Å². The number of hydrogen-bond acceptors (Lipinski definition) is 6. The molecule has 7 nitrogen and oxygen atoms in total. The number of halogens is 2. The maximum absolute atomic E-state index is 13.8. The van der Waals surface area contributed by atoms with Gasteiger partial charge < -0.3 is 15.6 Å². The van der Waals surface area contributed by atoms with Crippen molar-refractivity contribution in [1.82, 2.24) is 0 Å². The lowest BCUT2D eigenvalue weighted by atomic mass is 10.0. The van der Waals surface area contributed by atoms with Crippen LogP contribution in [0.5, 0.6) is 5.75 Å². The number of alkyl halides is 1. The fourth-order valence-corrected chi connectivity index (χ4v) is 1.99. The Bertz CT molecular complexity index is 540. The smallest absolute Gasteiger partial charge is 0.342 e. The molecule has 0 aromatic heterocycles. The maximum Gasteiger partial charge on any atom is 0.342 e. The lowest BCUT2D eigenvalue weighted by molar-refractivity contribution is -0.386. The predicted molar refractivity (Wildman–Crippen MR) is 70.9 cm³/mol. The molecule has 1 unspecified atom stereocenters. The van der Waals surface area contributed by atoms with Crippen LogP contribution in [0.2, 0.25) is 0 Å². The van der Waals surface area contributed by atoms with Gasteiger partial charge in [0.15, 0.2) is 5.75 Å². The van der Waals surface area contributed by atoms with Crippen LogP contribution in [0.15, 0.2) is 16.6 Å². The van der Waals surface area contributed by atoms with Crippen LogP contribution < -0.4 is 5.73 Å². The summed E-state index contributed by atoms with van der Waals surface area (Å²) in [5, 5.41) is 20.5. The van der Waals surface area contributed by atoms with E-state index in [0.717, 1.165) is 6.07 Å². The fraction of sp³-hybridized carbons (Fsp3) is 0.364. The number of nitro benzene ring substituents is 1. The van der Waals surface area contributed by atoms with Crippen LogP contribution in [0.1, 0.15) is 18.5 Å². The van der Waals surface area contributed by atoms with Crippen molar-refractivity contribution in [2.75, 3.05) is 6.61 Å². The zero-order chi connectivity index (χ0) is 15.4. The molecule has 0 heterocycles. The number of esters is 1. The minimum absolute atomic E-state index is 0.0312. The summed E-state index contributed by atoms with van der Waals surface area (Å²) in [5.41, 5.74) is 4.63. The van der Waals surface area contributed by atoms with E-state index in [-0.39, 0.29) is 16.6 Å². The van der Waals surface area contributed by atoms with E-state index in [4.69, 9.17) is 5.73 Å². The van der Waals surface area contributed by atoms with Crippen molar-refractivity contribution in [2.24, 2.45) is 5.73 Å². The third-order valence-corrected chi connectivity index (χ3v) is 2.92. The zero-order valence-corrected chi connectivity index (χ0v) is 12.0. The van der Waals surface area contributed by atoms with Gasteiger partial charge in [-0.3, -0.25) is 10.1 Å². The summed E-state index contributed by atoms with van der Waals surface area (Å²) in [5.74, 6) is -1.97. The minimum atomic E-state index is -2.24. The molecule has 0 aliphatic heterocycles. The molecule has 1 rings (SSSR count). The molecular formula is C11H12BrFN2O5. The number of benzene rings is 1. The van der Waals surface area contributed by atoms with Crippen molar-refractivity contribution in [2.45, 2.75) is 19.1 Å². The Hall–Kier alpha value is -1.74. The summed E-state index contributed by atoms with van der Waals surface area (Å²) in [6, 6.07) is 0.673. The van der Waals surface area contributed by atoms with Crippen molar-refractivity contribution < 1.29 is 24.0 Å². The van der Waals surface area contributed by atoms with Gasteiger partial charge in [-0.05, 0) is 13.0 Å². The van der Waals surface area contributed by atoms with Crippen LogP contribution in [0.3, 0.4) is 0 Å². The predicted octanol–water partition coefficient (Wildman–Crippen LogP) is 1.96. The van der Waals surface area contributed by atoms with E-state index in [1.165, 1.54) is 13.0 Å². The van der Waals surface area contributed by atoms with Gasteiger partial charge in [-0.25, -0.2) is 9.18 Å². The number of rotatable bonds is 5. The molecule has 1 aromatic carbocycles. The largest absolute Gasteiger partial charge is 0.502 e. The zero-order valence-electron chi connectivity index (χ0n) is 10.4. The number of ether oxygens (including phenoxy) is 1. The summed E-state index contributed by atoms with van der Waals surface area (Å²) >= 11 is 2.99. The molecule has 0 aliphatic carbocycles. The molecule has 3 N–H and O–H groups in total. The number of carbonyl (C=O) groups is 1. The van der Waals surface area contributed by atoms with Crippen molar-refractivity contribution >= 4 is 27.6 Å². The lowest BCUT2D eigenvalue weighted by Crippen LogP contribution is -2.31. The third-order valence-electron chi connectivity index (χ3n) is 2.47. The molecule has 0 fully saturated rings. The minimum Gasteiger partial charge on any atom is -0.502 e. The van der Waals surface area contributed by atoms with Crippen molar-refractivity contribution in [3.05, 3.63) is 32.3 Å². The first kappa shape index (κ1) is 16.3. The quantitative estimate of drug-likeness (QED) is 0.476. The van der Waals surface area contributed by atoms with E-state index in [2.05, 4.69) is 20.7 Å². The third kappa shape index (κ3) is 3.42. The maximum atomic E-state index is 13.8. The van der Waals surface area contributed by atoms with E-state index in [1.807, 2.05) is 0 Å². The van der Waals surface area contributed by atoms with Crippen LogP contribution in [-0.4, -0.2) is 28.8 Å². The highest BCUT2D eigenvalue weighted by Crippen LogP contribution is 2.37. The molecule has 20 heavy (non-hydrogen) atoms. The Morgan fingerprint density at radius 2 is 2.25 bits per heavy atom. The SMILES string of the molecule is CCOC(=O)C(F)[C@@H](N)c1cc(Br)cc([N+](=O)[O-])c1O. The molecule has 0 saturated carbocycles. The summed E-state index contributed by atoms with van der Waals surface area (Å²) in [7, 11) is 0. The van der Waals surface area contributed by atoms with E-state index in [0.29, 0.717) is 0 Å². The van der Waals surface area contributed by atoms with E-state index >= 15 is 0 Å². The number of nitrogens with two attached hydrogens (primary N) is 1. The van der Waals surface area contributed by atoms with Gasteiger partial charge in [0.05, 0.1) is 17.6 Å². The number of phenols is 1. The Morgan fingerprint density at radius 1 is 1.65 bits per heavy atom. The van der Waals surface area contributed by atoms with Gasteiger partial charge in [-0.1, -0.05) is 15.9 Å². The van der Waals surface area contributed by atoms with Crippen LogP contribution in [0, 0.1) is 10.1 Å². The molecule has 2 atom stereocenters. The Balaban J connectivity index is 3.19. The van der Waals surface area contributed by atoms with E-state index in [1.54, 1.807) is 0 Å². The first-order chi connectivity index (χ1) is 9.29. The first-order valence-corrected chi connectivity index (χ1v) is 6.32. The van der Waals surface area contributed by atoms with E-state index in [9.17, 15) is 24.4 Å². The number of aromatic hydroxyl groups is 1. The normalized spacial score (nSPS) is 13.6. The second-order valence-electron chi connectivity index (χ2n) is 3.80. The second-order valence-corrected chi connectivity index (χ2v) is 4.72. The molecule has 0 aliphatic rings. The monoisotopic (exact) mass is 350 g/mol. The van der Waals surface area contributed by atoms with Gasteiger partial charge in [0, 0.05) is 16.1 Å².